The van der Waals surface area contributed by atoms with Gasteiger partial charge in [0.15, 0.2) is 5.69 Å². The van der Waals surface area contributed by atoms with E-state index >= 15 is 0 Å². The molecule has 0 saturated carbocycles. The quantitative estimate of drug-likeness (QED) is 0.760. The van der Waals surface area contributed by atoms with Crippen molar-refractivity contribution in [3.8, 4) is 0 Å². The van der Waals surface area contributed by atoms with E-state index < -0.39 is 23.7 Å². The van der Waals surface area contributed by atoms with Gasteiger partial charge in [0.05, 0.1) is 5.56 Å². The van der Waals surface area contributed by atoms with Crippen LogP contribution in [0.25, 0.3) is 0 Å². The van der Waals surface area contributed by atoms with E-state index in [0.717, 1.165) is 40.8 Å². The van der Waals surface area contributed by atoms with Crippen LogP contribution in [0.4, 0.5) is 18.2 Å². The summed E-state index contributed by atoms with van der Waals surface area (Å²) in [5.74, 6) is -0.640. The molecular formula is C20H23F3N4O2S. The van der Waals surface area contributed by atoms with E-state index in [2.05, 4.69) is 17.3 Å². The highest BCUT2D eigenvalue weighted by Crippen LogP contribution is 2.40. The molecule has 30 heavy (non-hydrogen) atoms. The molecule has 2 amide bonds. The van der Waals surface area contributed by atoms with Crippen molar-refractivity contribution in [3.05, 3.63) is 33.0 Å². The zero-order valence-corrected chi connectivity index (χ0v) is 17.4. The van der Waals surface area contributed by atoms with Gasteiger partial charge >= 0.3 is 6.18 Å². The number of fused-ring (bicyclic) bond motifs is 2. The lowest BCUT2D eigenvalue weighted by atomic mass is 9.88. The van der Waals surface area contributed by atoms with Gasteiger partial charge in [-0.1, -0.05) is 6.92 Å². The molecule has 1 atom stereocenters. The summed E-state index contributed by atoms with van der Waals surface area (Å²) in [6, 6.07) is 0. The van der Waals surface area contributed by atoms with E-state index in [1.54, 1.807) is 0 Å². The zero-order valence-electron chi connectivity index (χ0n) is 16.6. The number of nitrogens with one attached hydrogen (secondary N) is 1. The van der Waals surface area contributed by atoms with Crippen LogP contribution in [0.15, 0.2) is 0 Å². The Kier molecular flexibility index (Phi) is 5.37. The van der Waals surface area contributed by atoms with Crippen LogP contribution in [0, 0.1) is 5.92 Å². The highest BCUT2D eigenvalue weighted by molar-refractivity contribution is 7.17. The van der Waals surface area contributed by atoms with Crippen LogP contribution in [0.2, 0.25) is 0 Å². The molecule has 4 rings (SSSR count). The van der Waals surface area contributed by atoms with E-state index in [4.69, 9.17) is 5.73 Å². The Morgan fingerprint density at radius 3 is 2.67 bits per heavy atom. The van der Waals surface area contributed by atoms with E-state index in [1.165, 1.54) is 11.3 Å². The smallest absolute Gasteiger partial charge is 0.365 e. The average molecular weight is 440 g/mol. The molecule has 6 nitrogen and oxygen atoms in total. The Morgan fingerprint density at radius 2 is 1.97 bits per heavy atom. The van der Waals surface area contributed by atoms with Crippen LogP contribution in [0.1, 0.15) is 63.9 Å². The first kappa shape index (κ1) is 20.9. The predicted octanol–water partition coefficient (Wildman–Crippen LogP) is 3.70. The number of aromatic nitrogens is 2. The standard InChI is InChI=1S/C20H23F3N4O2S/c1-10-6-7-12-14(8-10)30-19(16(12)18(24)29)25-15(28)9-27-13-5-3-2-4-11(13)17(26-27)20(21,22)23/h10H,2-9H2,1H3,(H2,24,29)(H,25,28). The number of hydrogen-bond acceptors (Lipinski definition) is 4. The number of alkyl halides is 3. The average Bonchev–Trinajstić information content (AvgIpc) is 3.19. The lowest BCUT2D eigenvalue weighted by Gasteiger charge is -2.18. The Morgan fingerprint density at radius 1 is 1.23 bits per heavy atom. The molecule has 1 unspecified atom stereocenters. The molecular weight excluding hydrogens is 417 g/mol. The van der Waals surface area contributed by atoms with Gasteiger partial charge in [0.25, 0.3) is 5.91 Å². The Labute approximate surface area is 175 Å². The first-order valence-corrected chi connectivity index (χ1v) is 10.9. The van der Waals surface area contributed by atoms with Gasteiger partial charge in [-0.15, -0.1) is 11.3 Å². The summed E-state index contributed by atoms with van der Waals surface area (Å²) in [6.07, 6.45) is 0.147. The van der Waals surface area contributed by atoms with Crippen molar-refractivity contribution in [2.45, 2.75) is 64.6 Å². The summed E-state index contributed by atoms with van der Waals surface area (Å²) in [5.41, 5.74) is 6.54. The second kappa shape index (κ2) is 7.72. The minimum absolute atomic E-state index is 0.194. The molecule has 2 aliphatic rings. The minimum Gasteiger partial charge on any atom is -0.365 e. The van der Waals surface area contributed by atoms with Crippen molar-refractivity contribution in [3.63, 3.8) is 0 Å². The minimum atomic E-state index is -4.55. The lowest BCUT2D eigenvalue weighted by Crippen LogP contribution is -2.23. The van der Waals surface area contributed by atoms with Gasteiger partial charge in [0.2, 0.25) is 5.91 Å². The number of nitrogens with two attached hydrogens (primary N) is 1. The van der Waals surface area contributed by atoms with Crippen LogP contribution in [0.3, 0.4) is 0 Å². The van der Waals surface area contributed by atoms with Crippen LogP contribution < -0.4 is 11.1 Å². The van der Waals surface area contributed by atoms with Crippen molar-refractivity contribution in [1.82, 2.24) is 9.78 Å². The Balaban J connectivity index is 1.59. The molecule has 2 aromatic heterocycles. The number of amides is 2. The lowest BCUT2D eigenvalue weighted by molar-refractivity contribution is -0.142. The first-order chi connectivity index (χ1) is 14.1. The molecule has 2 aliphatic carbocycles. The molecule has 3 N–H and O–H groups in total. The summed E-state index contributed by atoms with van der Waals surface area (Å²) in [6.45, 7) is 1.79. The number of thiophene rings is 1. The van der Waals surface area contributed by atoms with Gasteiger partial charge in [0.1, 0.15) is 11.5 Å². The van der Waals surface area contributed by atoms with Crippen molar-refractivity contribution < 1.29 is 22.8 Å². The van der Waals surface area contributed by atoms with Crippen LogP contribution in [-0.2, 0) is 43.2 Å². The van der Waals surface area contributed by atoms with Crippen molar-refractivity contribution in [2.75, 3.05) is 5.32 Å². The molecule has 2 aromatic rings. The first-order valence-electron chi connectivity index (χ1n) is 10.0. The topological polar surface area (TPSA) is 90.0 Å². The third-order valence-corrected chi connectivity index (χ3v) is 7.00. The second-order valence-corrected chi connectivity index (χ2v) is 9.21. The second-order valence-electron chi connectivity index (χ2n) is 8.10. The molecule has 2 heterocycles. The maximum Gasteiger partial charge on any atom is 0.435 e. The summed E-state index contributed by atoms with van der Waals surface area (Å²) in [4.78, 5) is 25.7. The van der Waals surface area contributed by atoms with Gasteiger partial charge in [0, 0.05) is 16.1 Å². The number of anilines is 1. The van der Waals surface area contributed by atoms with Gasteiger partial charge < -0.3 is 11.1 Å². The fourth-order valence-electron chi connectivity index (χ4n) is 4.43. The summed E-state index contributed by atoms with van der Waals surface area (Å²) < 4.78 is 41.2. The number of hydrogen-bond donors (Lipinski definition) is 2. The van der Waals surface area contributed by atoms with Gasteiger partial charge in [-0.2, -0.15) is 18.3 Å². The third kappa shape index (κ3) is 3.84. The maximum atomic E-state index is 13.4. The fourth-order valence-corrected chi connectivity index (χ4v) is 5.86. The maximum absolute atomic E-state index is 13.4. The highest BCUT2D eigenvalue weighted by Gasteiger charge is 2.39. The Bertz CT molecular complexity index is 1010. The molecule has 0 radical (unpaired) electrons. The normalized spacial score (nSPS) is 18.6. The number of primary amides is 1. The number of halogens is 3. The van der Waals surface area contributed by atoms with Crippen molar-refractivity contribution >= 4 is 28.2 Å². The van der Waals surface area contributed by atoms with Gasteiger partial charge in [-0.25, -0.2) is 0 Å². The van der Waals surface area contributed by atoms with Crippen LogP contribution >= 0.6 is 11.3 Å². The largest absolute Gasteiger partial charge is 0.435 e. The van der Waals surface area contributed by atoms with Gasteiger partial charge in [-0.05, 0) is 56.4 Å². The monoisotopic (exact) mass is 440 g/mol. The predicted molar refractivity (Wildman–Crippen MR) is 107 cm³/mol. The molecule has 0 aromatic carbocycles. The molecule has 0 spiro atoms. The Hall–Kier alpha value is -2.36. The summed E-state index contributed by atoms with van der Waals surface area (Å²) in [5, 5.41) is 6.80. The SMILES string of the molecule is CC1CCc2c(sc(NC(=O)Cn3nc(C(F)(F)F)c4c3CCCC4)c2C(N)=O)C1. The number of rotatable bonds is 4. The zero-order chi connectivity index (χ0) is 21.6. The van der Waals surface area contributed by atoms with Crippen molar-refractivity contribution in [2.24, 2.45) is 11.7 Å². The summed E-state index contributed by atoms with van der Waals surface area (Å²) >= 11 is 1.33. The fraction of sp³-hybridized carbons (Fsp3) is 0.550. The molecule has 0 fully saturated rings. The molecule has 0 bridgehead atoms. The van der Waals surface area contributed by atoms with E-state index in [9.17, 15) is 22.8 Å². The molecule has 0 aliphatic heterocycles. The van der Waals surface area contributed by atoms with E-state index in [0.29, 0.717) is 41.4 Å². The van der Waals surface area contributed by atoms with Crippen molar-refractivity contribution in [1.29, 1.82) is 0 Å². The highest BCUT2D eigenvalue weighted by atomic mass is 32.1. The molecule has 162 valence electrons. The number of carbonyl (C=O) groups is 2. The summed E-state index contributed by atoms with van der Waals surface area (Å²) in [7, 11) is 0. The third-order valence-electron chi connectivity index (χ3n) is 5.83. The van der Waals surface area contributed by atoms with E-state index in [1.807, 2.05) is 0 Å². The molecule has 10 heteroatoms. The van der Waals surface area contributed by atoms with E-state index in [-0.39, 0.29) is 12.1 Å². The number of carbonyl (C=O) groups excluding carboxylic acids is 2. The molecule has 0 saturated heterocycles. The number of nitrogens with zero attached hydrogens (tertiary/aromatic N) is 2. The van der Waals surface area contributed by atoms with Crippen LogP contribution in [-0.4, -0.2) is 21.6 Å². The van der Waals surface area contributed by atoms with Gasteiger partial charge in [-0.3, -0.25) is 14.3 Å². The van der Waals surface area contributed by atoms with Crippen LogP contribution in [0.5, 0.6) is 0 Å².